The van der Waals surface area contributed by atoms with E-state index < -0.39 is 5.97 Å². The molecule has 0 aromatic carbocycles. The first-order chi connectivity index (χ1) is 9.08. The summed E-state index contributed by atoms with van der Waals surface area (Å²) in [6.07, 6.45) is 2.54. The molecule has 1 rings (SSSR count). The Morgan fingerprint density at radius 1 is 1.53 bits per heavy atom. The minimum Gasteiger partial charge on any atom is -0.478 e. The number of aliphatic carboxylic acids is 1. The Balaban J connectivity index is 2.73. The molecule has 0 aliphatic carbocycles. The number of carbonyl (C=O) groups excluding carboxylic acids is 1. The minimum absolute atomic E-state index is 0.0641. The van der Waals surface area contributed by atoms with Gasteiger partial charge in [0.05, 0.1) is 12.2 Å². The second-order valence-corrected chi connectivity index (χ2v) is 4.73. The Bertz CT molecular complexity index is 467. The number of hydrogen-bond acceptors (Lipinski definition) is 4. The summed E-state index contributed by atoms with van der Waals surface area (Å²) in [5.41, 5.74) is 0.577. The lowest BCUT2D eigenvalue weighted by Gasteiger charge is -2.19. The normalized spacial score (nSPS) is 10.8. The van der Waals surface area contributed by atoms with Crippen LogP contribution >= 0.6 is 11.3 Å². The van der Waals surface area contributed by atoms with Gasteiger partial charge in [-0.3, -0.25) is 4.79 Å². The van der Waals surface area contributed by atoms with Gasteiger partial charge in [-0.2, -0.15) is 0 Å². The average molecular weight is 283 g/mol. The molecule has 0 spiro atoms. The third-order valence-corrected chi connectivity index (χ3v) is 3.39. The van der Waals surface area contributed by atoms with Crippen molar-refractivity contribution in [2.75, 3.05) is 26.8 Å². The van der Waals surface area contributed by atoms with Gasteiger partial charge in [-0.05, 0) is 19.1 Å². The number of rotatable bonds is 7. The molecule has 0 bridgehead atoms. The van der Waals surface area contributed by atoms with Gasteiger partial charge < -0.3 is 14.7 Å². The average Bonchev–Trinajstić information content (AvgIpc) is 2.85. The summed E-state index contributed by atoms with van der Waals surface area (Å²) in [5.74, 6) is -1.07. The van der Waals surface area contributed by atoms with E-state index in [2.05, 4.69) is 0 Å². The maximum Gasteiger partial charge on any atom is 0.328 e. The number of amides is 1. The van der Waals surface area contributed by atoms with Gasteiger partial charge in [0.2, 0.25) is 0 Å². The third-order valence-electron chi connectivity index (χ3n) is 2.49. The molecule has 0 atom stereocenters. The van der Waals surface area contributed by atoms with Crippen LogP contribution in [-0.2, 0) is 9.53 Å². The smallest absolute Gasteiger partial charge is 0.328 e. The topological polar surface area (TPSA) is 66.8 Å². The third kappa shape index (κ3) is 4.84. The van der Waals surface area contributed by atoms with Crippen molar-refractivity contribution in [3.8, 4) is 0 Å². The molecule has 1 aromatic heterocycles. The quantitative estimate of drug-likeness (QED) is 0.777. The lowest BCUT2D eigenvalue weighted by atomic mass is 10.2. The maximum absolute atomic E-state index is 12.2. The standard InChI is InChI=1S/C13H17NO4S/c1-3-14(6-7-18-2)13(17)10-8-11(19-9-10)4-5-12(15)16/h4-5,8-9H,3,6-7H2,1-2H3,(H,15,16). The number of likely N-dealkylation sites (N-methyl/N-ethyl adjacent to an activating group) is 1. The summed E-state index contributed by atoms with van der Waals surface area (Å²) in [6, 6.07) is 1.70. The van der Waals surface area contributed by atoms with Crippen LogP contribution in [-0.4, -0.2) is 48.7 Å². The summed E-state index contributed by atoms with van der Waals surface area (Å²) in [5, 5.41) is 10.3. The monoisotopic (exact) mass is 283 g/mol. The van der Waals surface area contributed by atoms with Crippen molar-refractivity contribution < 1.29 is 19.4 Å². The van der Waals surface area contributed by atoms with Crippen molar-refractivity contribution in [3.63, 3.8) is 0 Å². The van der Waals surface area contributed by atoms with Crippen LogP contribution in [0.1, 0.15) is 22.2 Å². The molecular weight excluding hydrogens is 266 g/mol. The van der Waals surface area contributed by atoms with Gasteiger partial charge in [0.15, 0.2) is 0 Å². The summed E-state index contributed by atoms with van der Waals surface area (Å²) in [4.78, 5) is 25.0. The summed E-state index contributed by atoms with van der Waals surface area (Å²) >= 11 is 1.34. The van der Waals surface area contributed by atoms with Crippen LogP contribution < -0.4 is 0 Å². The van der Waals surface area contributed by atoms with Crippen LogP contribution in [0.3, 0.4) is 0 Å². The molecule has 19 heavy (non-hydrogen) atoms. The van der Waals surface area contributed by atoms with E-state index in [9.17, 15) is 9.59 Å². The Morgan fingerprint density at radius 3 is 2.84 bits per heavy atom. The molecule has 1 N–H and O–H groups in total. The van der Waals surface area contributed by atoms with E-state index in [4.69, 9.17) is 9.84 Å². The zero-order chi connectivity index (χ0) is 14.3. The fraction of sp³-hybridized carbons (Fsp3) is 0.385. The Labute approximate surface area is 116 Å². The van der Waals surface area contributed by atoms with E-state index in [1.165, 1.54) is 17.4 Å². The second-order valence-electron chi connectivity index (χ2n) is 3.79. The van der Waals surface area contributed by atoms with Crippen LogP contribution in [0.5, 0.6) is 0 Å². The first-order valence-electron chi connectivity index (χ1n) is 5.86. The Morgan fingerprint density at radius 2 is 2.26 bits per heavy atom. The van der Waals surface area contributed by atoms with Gasteiger partial charge in [-0.1, -0.05) is 0 Å². The number of ether oxygens (including phenoxy) is 1. The highest BCUT2D eigenvalue weighted by molar-refractivity contribution is 7.11. The molecule has 0 unspecified atom stereocenters. The van der Waals surface area contributed by atoms with Crippen LogP contribution in [0, 0.1) is 0 Å². The van der Waals surface area contributed by atoms with Crippen LogP contribution in [0.15, 0.2) is 17.5 Å². The lowest BCUT2D eigenvalue weighted by molar-refractivity contribution is -0.131. The van der Waals surface area contributed by atoms with Crippen LogP contribution in [0.25, 0.3) is 6.08 Å². The second kappa shape index (κ2) is 7.70. The molecule has 1 amide bonds. The van der Waals surface area contributed by atoms with Crippen LogP contribution in [0.4, 0.5) is 0 Å². The molecule has 6 heteroatoms. The van der Waals surface area contributed by atoms with Gasteiger partial charge in [0.25, 0.3) is 5.91 Å². The molecule has 0 fully saturated rings. The maximum atomic E-state index is 12.2. The van der Waals surface area contributed by atoms with E-state index in [0.29, 0.717) is 25.3 Å². The number of nitrogens with zero attached hydrogens (tertiary/aromatic N) is 1. The predicted molar refractivity (Wildman–Crippen MR) is 74.4 cm³/mol. The highest BCUT2D eigenvalue weighted by Crippen LogP contribution is 2.18. The van der Waals surface area contributed by atoms with Gasteiger partial charge in [-0.15, -0.1) is 11.3 Å². The summed E-state index contributed by atoms with van der Waals surface area (Å²) in [7, 11) is 1.59. The van der Waals surface area contributed by atoms with Gasteiger partial charge in [0, 0.05) is 36.5 Å². The van der Waals surface area contributed by atoms with Gasteiger partial charge in [0.1, 0.15) is 0 Å². The molecule has 1 aromatic rings. The minimum atomic E-state index is -1.00. The SMILES string of the molecule is CCN(CCOC)C(=O)c1csc(C=CC(=O)O)c1. The van der Waals surface area contributed by atoms with E-state index in [-0.39, 0.29) is 5.91 Å². The molecule has 0 aliphatic rings. The molecule has 0 radical (unpaired) electrons. The molecule has 5 nitrogen and oxygen atoms in total. The van der Waals surface area contributed by atoms with Crippen molar-refractivity contribution in [1.82, 2.24) is 4.90 Å². The largest absolute Gasteiger partial charge is 0.478 e. The molecular formula is C13H17NO4S. The number of methoxy groups -OCH3 is 1. The van der Waals surface area contributed by atoms with Crippen molar-refractivity contribution in [2.24, 2.45) is 0 Å². The fourth-order valence-electron chi connectivity index (χ4n) is 1.49. The number of carboxylic acids is 1. The highest BCUT2D eigenvalue weighted by Gasteiger charge is 2.15. The van der Waals surface area contributed by atoms with Gasteiger partial charge in [-0.25, -0.2) is 4.79 Å². The summed E-state index contributed by atoms with van der Waals surface area (Å²) < 4.78 is 4.96. The predicted octanol–water partition coefficient (Wildman–Crippen LogP) is 1.95. The lowest BCUT2D eigenvalue weighted by Crippen LogP contribution is -2.33. The molecule has 104 valence electrons. The van der Waals surface area contributed by atoms with Gasteiger partial charge >= 0.3 is 5.97 Å². The number of hydrogen-bond donors (Lipinski definition) is 1. The Kier molecular flexibility index (Phi) is 6.24. The fourth-order valence-corrected chi connectivity index (χ4v) is 2.27. The number of thiophene rings is 1. The highest BCUT2D eigenvalue weighted by atomic mass is 32.1. The molecule has 0 saturated carbocycles. The van der Waals surface area contributed by atoms with Crippen molar-refractivity contribution in [1.29, 1.82) is 0 Å². The van der Waals surface area contributed by atoms with E-state index in [0.717, 1.165) is 11.0 Å². The molecule has 1 heterocycles. The zero-order valence-electron chi connectivity index (χ0n) is 11.0. The van der Waals surface area contributed by atoms with E-state index in [1.54, 1.807) is 23.5 Å². The number of carboxylic acid groups (broad SMARTS) is 1. The molecule has 0 aliphatic heterocycles. The molecule has 0 saturated heterocycles. The zero-order valence-corrected chi connectivity index (χ0v) is 11.8. The van der Waals surface area contributed by atoms with Crippen LogP contribution in [0.2, 0.25) is 0 Å². The Hall–Kier alpha value is -1.66. The first-order valence-corrected chi connectivity index (χ1v) is 6.74. The van der Waals surface area contributed by atoms with E-state index >= 15 is 0 Å². The van der Waals surface area contributed by atoms with E-state index in [1.807, 2.05) is 6.92 Å². The first kappa shape index (κ1) is 15.4. The van der Waals surface area contributed by atoms with Crippen molar-refractivity contribution >= 4 is 29.3 Å². The van der Waals surface area contributed by atoms with Crippen molar-refractivity contribution in [3.05, 3.63) is 28.0 Å². The summed E-state index contributed by atoms with van der Waals surface area (Å²) in [6.45, 7) is 3.56. The van der Waals surface area contributed by atoms with Crippen molar-refractivity contribution in [2.45, 2.75) is 6.92 Å². The number of carbonyl (C=O) groups is 2.